The Morgan fingerprint density at radius 2 is 1.74 bits per heavy atom. The lowest BCUT2D eigenvalue weighted by Gasteiger charge is -2.35. The third-order valence-corrected chi connectivity index (χ3v) is 5.26. The van der Waals surface area contributed by atoms with Crippen LogP contribution >= 0.6 is 0 Å². The number of nitrogens with zero attached hydrogens (tertiary/aromatic N) is 2. The number of morpholine rings is 1. The average molecular weight is 366 g/mol. The van der Waals surface area contributed by atoms with Crippen LogP contribution in [-0.4, -0.2) is 54.2 Å². The van der Waals surface area contributed by atoms with E-state index in [2.05, 4.69) is 4.90 Å². The fraction of sp³-hybridized carbons (Fsp3) is 0.333. The molecule has 1 saturated heterocycles. The van der Waals surface area contributed by atoms with E-state index in [1.807, 2.05) is 42.5 Å². The number of benzene rings is 2. The van der Waals surface area contributed by atoms with Crippen LogP contribution in [0.3, 0.4) is 0 Å². The Hall–Kier alpha value is -2.86. The first-order valence-electron chi connectivity index (χ1n) is 9.17. The van der Waals surface area contributed by atoms with Gasteiger partial charge in [0.15, 0.2) is 0 Å². The second-order valence-corrected chi connectivity index (χ2v) is 6.91. The van der Waals surface area contributed by atoms with Gasteiger partial charge in [-0.1, -0.05) is 30.3 Å². The van der Waals surface area contributed by atoms with Crippen LogP contribution in [0.2, 0.25) is 0 Å². The Morgan fingerprint density at radius 1 is 1.00 bits per heavy atom. The van der Waals surface area contributed by atoms with E-state index in [9.17, 15) is 14.7 Å². The van der Waals surface area contributed by atoms with Gasteiger partial charge >= 0.3 is 5.97 Å². The van der Waals surface area contributed by atoms with E-state index in [1.54, 1.807) is 6.07 Å². The van der Waals surface area contributed by atoms with Gasteiger partial charge in [0.25, 0.3) is 5.91 Å². The highest BCUT2D eigenvalue weighted by Crippen LogP contribution is 2.26. The second kappa shape index (κ2) is 7.40. The smallest absolute Gasteiger partial charge is 0.326 e. The molecule has 1 N–H and O–H groups in total. The first-order valence-corrected chi connectivity index (χ1v) is 9.17. The van der Waals surface area contributed by atoms with Crippen LogP contribution in [0.25, 0.3) is 0 Å². The number of amides is 1. The van der Waals surface area contributed by atoms with E-state index in [4.69, 9.17) is 4.74 Å². The molecule has 0 spiro atoms. The molecule has 0 unspecified atom stereocenters. The Bertz CT molecular complexity index is 861. The number of carbonyl (C=O) groups excluding carboxylic acids is 1. The van der Waals surface area contributed by atoms with Crippen LogP contribution in [0.5, 0.6) is 0 Å². The first kappa shape index (κ1) is 17.5. The van der Waals surface area contributed by atoms with Crippen molar-refractivity contribution in [3.05, 3.63) is 65.2 Å². The van der Waals surface area contributed by atoms with Crippen molar-refractivity contribution in [1.82, 2.24) is 4.90 Å². The molecule has 6 heteroatoms. The monoisotopic (exact) mass is 366 g/mol. The highest BCUT2D eigenvalue weighted by atomic mass is 16.5. The minimum absolute atomic E-state index is 0.244. The Kier molecular flexibility index (Phi) is 4.81. The van der Waals surface area contributed by atoms with Crippen LogP contribution in [-0.2, 0) is 22.5 Å². The van der Waals surface area contributed by atoms with Crippen LogP contribution in [0.4, 0.5) is 5.69 Å². The highest BCUT2D eigenvalue weighted by Gasteiger charge is 2.35. The zero-order chi connectivity index (χ0) is 18.8. The zero-order valence-electron chi connectivity index (χ0n) is 15.0. The summed E-state index contributed by atoms with van der Waals surface area (Å²) in [5, 5.41) is 9.67. The maximum atomic E-state index is 13.2. The Balaban J connectivity index is 1.62. The molecule has 6 nitrogen and oxygen atoms in total. The molecule has 27 heavy (non-hydrogen) atoms. The summed E-state index contributed by atoms with van der Waals surface area (Å²) in [5.41, 5.74) is 3.49. The number of carbonyl (C=O) groups is 2. The van der Waals surface area contributed by atoms with E-state index < -0.39 is 12.0 Å². The van der Waals surface area contributed by atoms with Gasteiger partial charge in [0.1, 0.15) is 6.04 Å². The quantitative estimate of drug-likeness (QED) is 0.902. The predicted octanol–water partition coefficient (Wildman–Crippen LogP) is 2.17. The molecule has 0 aliphatic carbocycles. The molecule has 2 aliphatic heterocycles. The summed E-state index contributed by atoms with van der Waals surface area (Å²) >= 11 is 0. The largest absolute Gasteiger partial charge is 0.480 e. The lowest BCUT2D eigenvalue weighted by Crippen LogP contribution is -2.48. The van der Waals surface area contributed by atoms with Crippen molar-refractivity contribution in [3.8, 4) is 0 Å². The molecule has 2 aromatic carbocycles. The predicted molar refractivity (Wildman–Crippen MR) is 101 cm³/mol. The number of hydrogen-bond acceptors (Lipinski definition) is 4. The number of carboxylic acid groups (broad SMARTS) is 1. The third kappa shape index (κ3) is 3.53. The topological polar surface area (TPSA) is 70.1 Å². The fourth-order valence-corrected chi connectivity index (χ4v) is 3.78. The van der Waals surface area contributed by atoms with E-state index >= 15 is 0 Å². The number of fused-ring (bicyclic) bond motifs is 1. The minimum atomic E-state index is -0.970. The van der Waals surface area contributed by atoms with Crippen LogP contribution < -0.4 is 4.90 Å². The molecule has 0 bridgehead atoms. The van der Waals surface area contributed by atoms with Gasteiger partial charge in [-0.15, -0.1) is 0 Å². The number of rotatable bonds is 3. The van der Waals surface area contributed by atoms with Crippen molar-refractivity contribution in [1.29, 1.82) is 0 Å². The van der Waals surface area contributed by atoms with E-state index in [-0.39, 0.29) is 5.91 Å². The standard InChI is InChI=1S/C21H22N2O4/c24-20(16-6-3-7-18(12-16)22-8-10-27-11-9-22)23-14-17-5-2-1-4-15(17)13-19(23)21(25)26/h1-7,12,19H,8-11,13-14H2,(H,25,26)/t19-/m1/s1. The minimum Gasteiger partial charge on any atom is -0.480 e. The molecule has 2 heterocycles. The number of carboxylic acids is 1. The third-order valence-electron chi connectivity index (χ3n) is 5.26. The Labute approximate surface area is 158 Å². The van der Waals surface area contributed by atoms with Crippen molar-refractivity contribution in [2.24, 2.45) is 0 Å². The Morgan fingerprint density at radius 3 is 2.48 bits per heavy atom. The van der Waals surface area contributed by atoms with Gasteiger partial charge in [-0.2, -0.15) is 0 Å². The summed E-state index contributed by atoms with van der Waals surface area (Å²) in [6.07, 6.45) is 0.334. The zero-order valence-corrected chi connectivity index (χ0v) is 15.0. The summed E-state index contributed by atoms with van der Waals surface area (Å²) in [5.74, 6) is -1.21. The summed E-state index contributed by atoms with van der Waals surface area (Å²) in [7, 11) is 0. The lowest BCUT2D eigenvalue weighted by molar-refractivity contribution is -0.142. The summed E-state index contributed by atoms with van der Waals surface area (Å²) in [6.45, 7) is 3.22. The van der Waals surface area contributed by atoms with E-state index in [0.717, 1.165) is 29.9 Å². The van der Waals surface area contributed by atoms with Crippen molar-refractivity contribution >= 4 is 17.6 Å². The summed E-state index contributed by atoms with van der Waals surface area (Å²) in [4.78, 5) is 28.6. The van der Waals surface area contributed by atoms with Crippen molar-refractivity contribution in [3.63, 3.8) is 0 Å². The van der Waals surface area contributed by atoms with Crippen LogP contribution in [0, 0.1) is 0 Å². The molecule has 0 radical (unpaired) electrons. The normalized spacial score (nSPS) is 19.5. The van der Waals surface area contributed by atoms with Gasteiger partial charge in [0.2, 0.25) is 0 Å². The average Bonchev–Trinajstić information content (AvgIpc) is 2.73. The van der Waals surface area contributed by atoms with E-state index in [1.165, 1.54) is 4.90 Å². The van der Waals surface area contributed by atoms with Gasteiger partial charge < -0.3 is 19.6 Å². The number of anilines is 1. The van der Waals surface area contributed by atoms with Gasteiger partial charge in [-0.05, 0) is 29.3 Å². The molecule has 4 rings (SSSR count). The summed E-state index contributed by atoms with van der Waals surface area (Å²) < 4.78 is 5.39. The maximum Gasteiger partial charge on any atom is 0.326 e. The SMILES string of the molecule is O=C(O)[C@H]1Cc2ccccc2CN1C(=O)c1cccc(N2CCOCC2)c1. The molecule has 0 saturated carbocycles. The number of aliphatic carboxylic acids is 1. The molecule has 0 aromatic heterocycles. The van der Waals surface area contributed by atoms with Crippen LogP contribution in [0.15, 0.2) is 48.5 Å². The summed E-state index contributed by atoms with van der Waals surface area (Å²) in [6, 6.07) is 14.3. The first-order chi connectivity index (χ1) is 13.1. The van der Waals surface area contributed by atoms with Gasteiger partial charge in [0.05, 0.1) is 13.2 Å². The van der Waals surface area contributed by atoms with Gasteiger partial charge in [-0.3, -0.25) is 4.79 Å². The van der Waals surface area contributed by atoms with Crippen molar-refractivity contribution in [2.75, 3.05) is 31.2 Å². The lowest BCUT2D eigenvalue weighted by atomic mass is 9.93. The van der Waals surface area contributed by atoms with Crippen molar-refractivity contribution in [2.45, 2.75) is 19.0 Å². The van der Waals surface area contributed by atoms with Crippen LogP contribution in [0.1, 0.15) is 21.5 Å². The number of ether oxygens (including phenoxy) is 1. The maximum absolute atomic E-state index is 13.2. The molecule has 1 amide bonds. The molecule has 2 aromatic rings. The molecule has 140 valence electrons. The fourth-order valence-electron chi connectivity index (χ4n) is 3.78. The van der Waals surface area contributed by atoms with Gasteiger partial charge in [-0.25, -0.2) is 4.79 Å². The van der Waals surface area contributed by atoms with Gasteiger partial charge in [0, 0.05) is 37.3 Å². The molecule has 1 fully saturated rings. The second-order valence-electron chi connectivity index (χ2n) is 6.91. The molecule has 1 atom stereocenters. The molecular weight excluding hydrogens is 344 g/mol. The molecule has 2 aliphatic rings. The number of hydrogen-bond donors (Lipinski definition) is 1. The van der Waals surface area contributed by atoms with E-state index in [0.29, 0.717) is 31.7 Å². The molecular formula is C21H22N2O4. The van der Waals surface area contributed by atoms with Crippen molar-refractivity contribution < 1.29 is 19.4 Å². The highest BCUT2D eigenvalue weighted by molar-refractivity contribution is 5.97.